The van der Waals surface area contributed by atoms with Gasteiger partial charge < -0.3 is 10.5 Å². The van der Waals surface area contributed by atoms with Crippen molar-refractivity contribution in [1.29, 1.82) is 0 Å². The predicted molar refractivity (Wildman–Crippen MR) is 66.4 cm³/mol. The van der Waals surface area contributed by atoms with Crippen LogP contribution in [-0.4, -0.2) is 42.3 Å². The third-order valence-electron chi connectivity index (χ3n) is 4.57. The lowest BCUT2D eigenvalue weighted by Gasteiger charge is -2.48. The Morgan fingerprint density at radius 2 is 1.88 bits per heavy atom. The molecule has 0 radical (unpaired) electrons. The minimum atomic E-state index is 0.256. The second-order valence-electron chi connectivity index (χ2n) is 5.76. The highest BCUT2D eigenvalue weighted by molar-refractivity contribution is 5.01. The van der Waals surface area contributed by atoms with Gasteiger partial charge in [-0.2, -0.15) is 0 Å². The maximum atomic E-state index is 6.10. The molecule has 2 aliphatic rings. The van der Waals surface area contributed by atoms with E-state index in [9.17, 15) is 0 Å². The molecule has 0 spiro atoms. The molecular formula is C13H26N2O. The van der Waals surface area contributed by atoms with Gasteiger partial charge >= 0.3 is 0 Å². The van der Waals surface area contributed by atoms with Crippen molar-refractivity contribution >= 4 is 0 Å². The lowest BCUT2D eigenvalue weighted by atomic mass is 9.85. The third-order valence-corrected chi connectivity index (χ3v) is 4.57. The zero-order valence-corrected chi connectivity index (χ0v) is 10.9. The fourth-order valence-corrected chi connectivity index (χ4v) is 3.67. The molecule has 0 aromatic carbocycles. The predicted octanol–water partition coefficient (Wildman–Crippen LogP) is 1.61. The zero-order valence-electron chi connectivity index (χ0n) is 10.9. The van der Waals surface area contributed by atoms with Gasteiger partial charge in [-0.05, 0) is 32.6 Å². The molecule has 0 bridgehead atoms. The molecule has 2 rings (SSSR count). The van der Waals surface area contributed by atoms with Crippen LogP contribution < -0.4 is 5.73 Å². The van der Waals surface area contributed by atoms with Crippen LogP contribution in [0.4, 0.5) is 0 Å². The summed E-state index contributed by atoms with van der Waals surface area (Å²) >= 11 is 0. The molecule has 0 amide bonds. The number of nitrogens with zero attached hydrogens (tertiary/aromatic N) is 1. The van der Waals surface area contributed by atoms with Gasteiger partial charge in [-0.3, -0.25) is 4.90 Å². The Balaban J connectivity index is 2.14. The van der Waals surface area contributed by atoms with Crippen LogP contribution in [0.2, 0.25) is 0 Å². The fraction of sp³-hybridized carbons (Fsp3) is 1.00. The molecule has 1 saturated carbocycles. The van der Waals surface area contributed by atoms with E-state index >= 15 is 0 Å². The van der Waals surface area contributed by atoms with Crippen molar-refractivity contribution in [2.24, 2.45) is 11.7 Å². The number of morpholine rings is 1. The minimum Gasteiger partial charge on any atom is -0.373 e. The van der Waals surface area contributed by atoms with Crippen molar-refractivity contribution in [2.75, 3.05) is 19.6 Å². The molecule has 4 atom stereocenters. The standard InChI is InChI=1S/C13H26N2O/c1-10-5-4-6-13(10,9-14)15-7-11(2)16-12(3)8-15/h10-12H,4-9,14H2,1-3H3. The number of rotatable bonds is 2. The summed E-state index contributed by atoms with van der Waals surface area (Å²) < 4.78 is 5.82. The molecule has 1 saturated heterocycles. The maximum absolute atomic E-state index is 6.10. The van der Waals surface area contributed by atoms with Gasteiger partial charge in [-0.1, -0.05) is 13.3 Å². The van der Waals surface area contributed by atoms with Crippen molar-refractivity contribution < 1.29 is 4.74 Å². The van der Waals surface area contributed by atoms with E-state index in [4.69, 9.17) is 10.5 Å². The number of nitrogens with two attached hydrogens (primary N) is 1. The summed E-state index contributed by atoms with van der Waals surface area (Å²) in [6.45, 7) is 9.61. The van der Waals surface area contributed by atoms with Crippen LogP contribution in [0, 0.1) is 5.92 Å². The van der Waals surface area contributed by atoms with Gasteiger partial charge in [0.25, 0.3) is 0 Å². The van der Waals surface area contributed by atoms with Crippen molar-refractivity contribution in [1.82, 2.24) is 4.90 Å². The van der Waals surface area contributed by atoms with Crippen molar-refractivity contribution in [3.63, 3.8) is 0 Å². The number of hydrogen-bond acceptors (Lipinski definition) is 3. The maximum Gasteiger partial charge on any atom is 0.0678 e. The molecular weight excluding hydrogens is 200 g/mol. The van der Waals surface area contributed by atoms with Crippen LogP contribution in [-0.2, 0) is 4.74 Å². The zero-order chi connectivity index (χ0) is 11.8. The highest BCUT2D eigenvalue weighted by Crippen LogP contribution is 2.40. The van der Waals surface area contributed by atoms with Crippen LogP contribution in [0.1, 0.15) is 40.0 Å². The third kappa shape index (κ3) is 2.01. The Morgan fingerprint density at radius 3 is 2.31 bits per heavy atom. The Kier molecular flexibility index (Phi) is 3.57. The van der Waals surface area contributed by atoms with E-state index in [0.717, 1.165) is 25.6 Å². The van der Waals surface area contributed by atoms with Gasteiger partial charge in [0.15, 0.2) is 0 Å². The largest absolute Gasteiger partial charge is 0.373 e. The van der Waals surface area contributed by atoms with E-state index in [1.54, 1.807) is 0 Å². The smallest absolute Gasteiger partial charge is 0.0678 e. The van der Waals surface area contributed by atoms with Gasteiger partial charge in [0, 0.05) is 25.2 Å². The molecule has 2 fully saturated rings. The molecule has 94 valence electrons. The molecule has 2 N–H and O–H groups in total. The molecule has 1 aliphatic carbocycles. The Bertz CT molecular complexity index is 236. The van der Waals surface area contributed by atoms with Gasteiger partial charge in [0.1, 0.15) is 0 Å². The lowest BCUT2D eigenvalue weighted by Crippen LogP contribution is -2.61. The highest BCUT2D eigenvalue weighted by Gasteiger charge is 2.45. The molecule has 16 heavy (non-hydrogen) atoms. The molecule has 1 heterocycles. The van der Waals surface area contributed by atoms with E-state index < -0.39 is 0 Å². The minimum absolute atomic E-state index is 0.256. The molecule has 3 nitrogen and oxygen atoms in total. The van der Waals surface area contributed by atoms with Gasteiger partial charge in [0.05, 0.1) is 12.2 Å². The average Bonchev–Trinajstić information content (AvgIpc) is 2.59. The van der Waals surface area contributed by atoms with Crippen LogP contribution >= 0.6 is 0 Å². The SMILES string of the molecule is CC1CN(C2(CN)CCCC2C)CC(C)O1. The summed E-state index contributed by atoms with van der Waals surface area (Å²) in [5.74, 6) is 0.731. The van der Waals surface area contributed by atoms with Gasteiger partial charge in [-0.15, -0.1) is 0 Å². The second kappa shape index (κ2) is 4.63. The van der Waals surface area contributed by atoms with E-state index in [1.165, 1.54) is 19.3 Å². The van der Waals surface area contributed by atoms with Gasteiger partial charge in [-0.25, -0.2) is 0 Å². The summed E-state index contributed by atoms with van der Waals surface area (Å²) in [5.41, 5.74) is 6.35. The van der Waals surface area contributed by atoms with Crippen molar-refractivity contribution in [3.8, 4) is 0 Å². The van der Waals surface area contributed by atoms with E-state index in [-0.39, 0.29) is 5.54 Å². The fourth-order valence-electron chi connectivity index (χ4n) is 3.67. The average molecular weight is 226 g/mol. The van der Waals surface area contributed by atoms with E-state index in [1.807, 2.05) is 0 Å². The molecule has 0 aromatic rings. The summed E-state index contributed by atoms with van der Waals surface area (Å²) in [5, 5.41) is 0. The Morgan fingerprint density at radius 1 is 1.25 bits per heavy atom. The number of hydrogen-bond donors (Lipinski definition) is 1. The molecule has 1 aliphatic heterocycles. The lowest BCUT2D eigenvalue weighted by molar-refractivity contribution is -0.107. The first kappa shape index (κ1) is 12.3. The van der Waals surface area contributed by atoms with Gasteiger partial charge in [0.2, 0.25) is 0 Å². The second-order valence-corrected chi connectivity index (χ2v) is 5.76. The molecule has 4 unspecified atom stereocenters. The Labute approximate surface area is 99.3 Å². The first-order valence-electron chi connectivity index (χ1n) is 6.69. The van der Waals surface area contributed by atoms with Crippen molar-refractivity contribution in [3.05, 3.63) is 0 Å². The first-order valence-corrected chi connectivity index (χ1v) is 6.69. The highest BCUT2D eigenvalue weighted by atomic mass is 16.5. The topological polar surface area (TPSA) is 38.5 Å². The molecule has 3 heteroatoms. The van der Waals surface area contributed by atoms with Crippen LogP contribution in [0.15, 0.2) is 0 Å². The summed E-state index contributed by atoms with van der Waals surface area (Å²) in [6, 6.07) is 0. The normalized spacial score (nSPS) is 46.1. The first-order chi connectivity index (χ1) is 7.58. The van der Waals surface area contributed by atoms with E-state index in [0.29, 0.717) is 12.2 Å². The van der Waals surface area contributed by atoms with Crippen LogP contribution in [0.25, 0.3) is 0 Å². The summed E-state index contributed by atoms with van der Waals surface area (Å²) in [7, 11) is 0. The summed E-state index contributed by atoms with van der Waals surface area (Å²) in [4.78, 5) is 2.61. The summed E-state index contributed by atoms with van der Waals surface area (Å²) in [6.07, 6.45) is 4.62. The van der Waals surface area contributed by atoms with Crippen molar-refractivity contribution in [2.45, 2.75) is 57.8 Å². The quantitative estimate of drug-likeness (QED) is 0.777. The number of ether oxygens (including phenoxy) is 1. The Hall–Kier alpha value is -0.120. The van der Waals surface area contributed by atoms with Crippen LogP contribution in [0.3, 0.4) is 0 Å². The van der Waals surface area contributed by atoms with E-state index in [2.05, 4.69) is 25.7 Å². The monoisotopic (exact) mass is 226 g/mol. The van der Waals surface area contributed by atoms with Crippen LogP contribution in [0.5, 0.6) is 0 Å². The molecule has 0 aromatic heterocycles.